The highest BCUT2D eigenvalue weighted by atomic mass is 16.5. The number of aliphatic hydroxyl groups excluding tert-OH is 2. The quantitative estimate of drug-likeness (QED) is 0.376. The molecule has 5 heteroatoms. The van der Waals surface area contributed by atoms with Crippen LogP contribution in [0.2, 0.25) is 0 Å². The van der Waals surface area contributed by atoms with E-state index in [4.69, 9.17) is 4.74 Å². The first kappa shape index (κ1) is 30.1. The Bertz CT molecular complexity index is 1290. The number of hydrogen-bond acceptors (Lipinski definition) is 5. The summed E-state index contributed by atoms with van der Waals surface area (Å²) in [4.78, 5) is 28.1. The number of aliphatic hydroxyl groups is 2. The van der Waals surface area contributed by atoms with E-state index in [-0.39, 0.29) is 64.4 Å². The van der Waals surface area contributed by atoms with Gasteiger partial charge in [-0.1, -0.05) is 70.5 Å². The molecule has 1 aromatic carbocycles. The number of carbonyl (C=O) groups excluding carboxylic acids is 2. The van der Waals surface area contributed by atoms with E-state index in [9.17, 15) is 19.8 Å². The standard InChI is InChI=1S/C37H52O5/c1-32-16-17-33(2,31(41)42-22-24-10-8-7-9-11-24)21-26(32)25-20-27(39)30-34(3)14-13-29(40)35(4,23-38)28(34)12-15-37(30,6)36(25,5)19-18-32/h7-11,20,26,28-30,38,40H,12-19,21-23H2,1-6H3/t26-,28+,29-,30+,32+,33-,34-,35-,36+,37+/m0/s1. The Morgan fingerprint density at radius 1 is 0.929 bits per heavy atom. The number of hydrogen-bond donors (Lipinski definition) is 2. The maximum atomic E-state index is 14.5. The molecule has 0 saturated heterocycles. The first-order valence-electron chi connectivity index (χ1n) is 16.4. The molecule has 5 aliphatic carbocycles. The Kier molecular flexibility index (Phi) is 6.99. The van der Waals surface area contributed by atoms with Gasteiger partial charge in [-0.2, -0.15) is 0 Å². The van der Waals surface area contributed by atoms with Gasteiger partial charge in [0.25, 0.3) is 0 Å². The lowest BCUT2D eigenvalue weighted by Crippen LogP contribution is -2.67. The second-order valence-electron chi connectivity index (χ2n) is 16.5. The van der Waals surface area contributed by atoms with Crippen molar-refractivity contribution in [2.24, 2.45) is 50.2 Å². The van der Waals surface area contributed by atoms with Crippen LogP contribution in [0.1, 0.15) is 105 Å². The summed E-state index contributed by atoms with van der Waals surface area (Å²) < 4.78 is 5.92. The van der Waals surface area contributed by atoms with Crippen LogP contribution in [0.4, 0.5) is 0 Å². The number of rotatable bonds is 4. The molecule has 230 valence electrons. The summed E-state index contributed by atoms with van der Waals surface area (Å²) in [6.45, 7) is 13.8. The minimum Gasteiger partial charge on any atom is -0.460 e. The smallest absolute Gasteiger partial charge is 0.312 e. The zero-order valence-corrected chi connectivity index (χ0v) is 26.7. The van der Waals surface area contributed by atoms with Gasteiger partial charge in [0, 0.05) is 11.3 Å². The molecule has 0 bridgehead atoms. The third kappa shape index (κ3) is 4.01. The molecular weight excluding hydrogens is 524 g/mol. The van der Waals surface area contributed by atoms with Gasteiger partial charge >= 0.3 is 5.97 Å². The molecule has 2 N–H and O–H groups in total. The van der Waals surface area contributed by atoms with Crippen molar-refractivity contribution in [3.8, 4) is 0 Å². The van der Waals surface area contributed by atoms with Crippen molar-refractivity contribution in [3.05, 3.63) is 47.5 Å². The van der Waals surface area contributed by atoms with E-state index in [2.05, 4.69) is 34.6 Å². The zero-order valence-electron chi connectivity index (χ0n) is 26.7. The predicted molar refractivity (Wildman–Crippen MR) is 163 cm³/mol. The molecule has 0 aromatic heterocycles. The summed E-state index contributed by atoms with van der Waals surface area (Å²) in [7, 11) is 0. The van der Waals surface area contributed by atoms with Gasteiger partial charge < -0.3 is 14.9 Å². The van der Waals surface area contributed by atoms with Crippen molar-refractivity contribution in [2.75, 3.05) is 6.61 Å². The number of esters is 1. The second-order valence-corrected chi connectivity index (χ2v) is 16.5. The average Bonchev–Trinajstić information content (AvgIpc) is 2.96. The Labute approximate surface area is 252 Å². The molecule has 5 aliphatic rings. The summed E-state index contributed by atoms with van der Waals surface area (Å²) in [5, 5.41) is 21.5. The molecule has 0 spiro atoms. The number of ketones is 1. The molecule has 0 unspecified atom stereocenters. The molecule has 0 amide bonds. The normalized spacial score (nSPS) is 48.2. The van der Waals surface area contributed by atoms with Crippen LogP contribution >= 0.6 is 0 Å². The summed E-state index contributed by atoms with van der Waals surface area (Å²) in [5.74, 6) is 0.251. The monoisotopic (exact) mass is 576 g/mol. The summed E-state index contributed by atoms with van der Waals surface area (Å²) in [5.41, 5.74) is 0.569. The lowest BCUT2D eigenvalue weighted by Gasteiger charge is -2.70. The topological polar surface area (TPSA) is 83.8 Å². The summed E-state index contributed by atoms with van der Waals surface area (Å²) >= 11 is 0. The van der Waals surface area contributed by atoms with E-state index in [1.54, 1.807) is 0 Å². The lowest BCUT2D eigenvalue weighted by molar-refractivity contribution is -0.213. The highest BCUT2D eigenvalue weighted by Crippen LogP contribution is 2.75. The first-order chi connectivity index (χ1) is 19.7. The van der Waals surface area contributed by atoms with Crippen LogP contribution in [0.25, 0.3) is 0 Å². The maximum absolute atomic E-state index is 14.5. The summed E-state index contributed by atoms with van der Waals surface area (Å²) in [6, 6.07) is 9.87. The van der Waals surface area contributed by atoms with Crippen molar-refractivity contribution in [1.82, 2.24) is 0 Å². The van der Waals surface area contributed by atoms with E-state index < -0.39 is 16.9 Å². The molecule has 5 nitrogen and oxygen atoms in total. The fourth-order valence-electron chi connectivity index (χ4n) is 11.3. The van der Waals surface area contributed by atoms with Crippen molar-refractivity contribution >= 4 is 11.8 Å². The summed E-state index contributed by atoms with van der Waals surface area (Å²) in [6.07, 6.45) is 9.42. The lowest BCUT2D eigenvalue weighted by atomic mass is 9.33. The van der Waals surface area contributed by atoms with Gasteiger partial charge in [0.15, 0.2) is 5.78 Å². The molecule has 1 aromatic rings. The van der Waals surface area contributed by atoms with Crippen LogP contribution < -0.4 is 0 Å². The van der Waals surface area contributed by atoms with Crippen molar-refractivity contribution in [2.45, 2.75) is 112 Å². The Balaban J connectivity index is 1.34. The number of benzene rings is 1. The third-order valence-electron chi connectivity index (χ3n) is 14.4. The van der Waals surface area contributed by atoms with E-state index in [0.29, 0.717) is 6.42 Å². The fourth-order valence-corrected chi connectivity index (χ4v) is 11.3. The van der Waals surface area contributed by atoms with Crippen LogP contribution in [0.3, 0.4) is 0 Å². The highest BCUT2D eigenvalue weighted by Gasteiger charge is 2.70. The molecule has 10 atom stereocenters. The minimum absolute atomic E-state index is 0.0518. The van der Waals surface area contributed by atoms with E-state index in [0.717, 1.165) is 56.9 Å². The molecule has 6 rings (SSSR count). The number of ether oxygens (including phenoxy) is 1. The van der Waals surface area contributed by atoms with Gasteiger partial charge in [-0.15, -0.1) is 0 Å². The first-order valence-corrected chi connectivity index (χ1v) is 16.4. The van der Waals surface area contributed by atoms with Crippen LogP contribution in [-0.4, -0.2) is 34.7 Å². The Morgan fingerprint density at radius 3 is 2.31 bits per heavy atom. The van der Waals surface area contributed by atoms with Crippen molar-refractivity contribution in [3.63, 3.8) is 0 Å². The fraction of sp³-hybridized carbons (Fsp3) is 0.730. The molecule has 4 saturated carbocycles. The highest BCUT2D eigenvalue weighted by molar-refractivity contribution is 5.95. The van der Waals surface area contributed by atoms with Crippen LogP contribution in [0.5, 0.6) is 0 Å². The Morgan fingerprint density at radius 2 is 1.62 bits per heavy atom. The predicted octanol–water partition coefficient (Wildman–Crippen LogP) is 7.04. The van der Waals surface area contributed by atoms with Crippen molar-refractivity contribution in [1.29, 1.82) is 0 Å². The minimum atomic E-state index is -0.587. The maximum Gasteiger partial charge on any atom is 0.312 e. The zero-order chi connectivity index (χ0) is 30.3. The molecule has 0 heterocycles. The van der Waals surface area contributed by atoms with Crippen LogP contribution in [-0.2, 0) is 20.9 Å². The van der Waals surface area contributed by atoms with Gasteiger partial charge in [0.1, 0.15) is 6.61 Å². The molecule has 0 radical (unpaired) electrons. The molecule has 42 heavy (non-hydrogen) atoms. The van der Waals surface area contributed by atoms with Crippen LogP contribution in [0.15, 0.2) is 42.0 Å². The van der Waals surface area contributed by atoms with Crippen molar-refractivity contribution < 1.29 is 24.5 Å². The van der Waals surface area contributed by atoms with E-state index in [1.165, 1.54) is 5.57 Å². The van der Waals surface area contributed by atoms with E-state index >= 15 is 0 Å². The molecule has 0 aliphatic heterocycles. The number of fused-ring (bicyclic) bond motifs is 7. The van der Waals surface area contributed by atoms with Gasteiger partial charge in [-0.25, -0.2) is 0 Å². The van der Waals surface area contributed by atoms with Crippen LogP contribution in [0, 0.1) is 50.2 Å². The second kappa shape index (κ2) is 9.76. The van der Waals surface area contributed by atoms with Gasteiger partial charge in [-0.05, 0) is 110 Å². The number of allylic oxidation sites excluding steroid dienone is 2. The van der Waals surface area contributed by atoms with Gasteiger partial charge in [-0.3, -0.25) is 9.59 Å². The van der Waals surface area contributed by atoms with Gasteiger partial charge in [0.05, 0.1) is 18.1 Å². The largest absolute Gasteiger partial charge is 0.460 e. The third-order valence-corrected chi connectivity index (χ3v) is 14.4. The van der Waals surface area contributed by atoms with E-state index in [1.807, 2.05) is 43.3 Å². The SMILES string of the molecule is C[C@]1(C(=O)OCc2ccccc2)CC[C@]2(C)CC[C@]3(C)C(=CC(=O)[C@@H]4[C@@]5(C)CC[C@H](O)[C@@](C)(CO)[C@@H]5CC[C@]43C)[C@@H]2C1. The average molecular weight is 577 g/mol. The Hall–Kier alpha value is -1.98. The molecule has 4 fully saturated rings. The molecular formula is C37H52O5. The number of carbonyl (C=O) groups is 2. The van der Waals surface area contributed by atoms with Gasteiger partial charge in [0.2, 0.25) is 0 Å².